The number of amides is 2. The minimum Gasteiger partial charge on any atom is -0.335 e. The summed E-state index contributed by atoms with van der Waals surface area (Å²) in [5.41, 5.74) is 2.19. The normalized spacial score (nSPS) is 30.3. The van der Waals surface area contributed by atoms with Crippen molar-refractivity contribution in [3.8, 4) is 0 Å². The fraction of sp³-hybridized carbons (Fsp3) is 0.636. The van der Waals surface area contributed by atoms with E-state index >= 15 is 0 Å². The first kappa shape index (κ1) is 18.0. The molecule has 28 heavy (non-hydrogen) atoms. The SMILES string of the molecule is CCn1c(C2CCCN2C(=O)NC2CC3CCC(C2)N3C)nc2ccccc21. The number of imidazole rings is 1. The summed E-state index contributed by atoms with van der Waals surface area (Å²) >= 11 is 0. The summed E-state index contributed by atoms with van der Waals surface area (Å²) in [5.74, 6) is 1.04. The Morgan fingerprint density at radius 3 is 2.68 bits per heavy atom. The smallest absolute Gasteiger partial charge is 0.318 e. The Morgan fingerprint density at radius 2 is 1.93 bits per heavy atom. The van der Waals surface area contributed by atoms with Gasteiger partial charge in [0.15, 0.2) is 0 Å². The Labute approximate surface area is 166 Å². The molecular formula is C22H31N5O. The minimum absolute atomic E-state index is 0.0790. The highest BCUT2D eigenvalue weighted by Gasteiger charge is 2.40. The van der Waals surface area contributed by atoms with Gasteiger partial charge in [-0.3, -0.25) is 0 Å². The van der Waals surface area contributed by atoms with E-state index in [1.807, 2.05) is 11.0 Å². The summed E-state index contributed by atoms with van der Waals surface area (Å²) in [7, 11) is 2.24. The second-order valence-corrected chi connectivity index (χ2v) is 8.72. The maximum atomic E-state index is 13.2. The predicted octanol–water partition coefficient (Wildman–Crippen LogP) is 3.53. The number of carbonyl (C=O) groups is 1. The lowest BCUT2D eigenvalue weighted by Gasteiger charge is -2.37. The molecule has 150 valence electrons. The maximum absolute atomic E-state index is 13.2. The number of fused-ring (bicyclic) bond motifs is 3. The van der Waals surface area contributed by atoms with Crippen molar-refractivity contribution in [2.75, 3.05) is 13.6 Å². The molecule has 3 unspecified atom stereocenters. The van der Waals surface area contributed by atoms with Gasteiger partial charge in [0.25, 0.3) is 0 Å². The van der Waals surface area contributed by atoms with Crippen molar-refractivity contribution in [2.45, 2.75) is 76.2 Å². The zero-order valence-electron chi connectivity index (χ0n) is 17.0. The van der Waals surface area contributed by atoms with Gasteiger partial charge in [0.1, 0.15) is 5.82 Å². The van der Waals surface area contributed by atoms with Crippen molar-refractivity contribution in [3.63, 3.8) is 0 Å². The van der Waals surface area contributed by atoms with E-state index in [0.717, 1.165) is 50.1 Å². The van der Waals surface area contributed by atoms with Gasteiger partial charge in [-0.2, -0.15) is 0 Å². The number of para-hydroxylation sites is 2. The number of nitrogens with one attached hydrogen (secondary N) is 1. The fourth-order valence-corrected chi connectivity index (χ4v) is 5.75. The lowest BCUT2D eigenvalue weighted by molar-refractivity contribution is 0.139. The Bertz CT molecular complexity index is 863. The Morgan fingerprint density at radius 1 is 1.18 bits per heavy atom. The van der Waals surface area contributed by atoms with Crippen molar-refractivity contribution in [1.29, 1.82) is 0 Å². The molecule has 0 aliphatic carbocycles. The third-order valence-electron chi connectivity index (χ3n) is 7.24. The van der Waals surface area contributed by atoms with Crippen LogP contribution >= 0.6 is 0 Å². The number of piperidine rings is 1. The monoisotopic (exact) mass is 381 g/mol. The molecule has 6 nitrogen and oxygen atoms in total. The number of rotatable bonds is 3. The van der Waals surface area contributed by atoms with Crippen LogP contribution in [0.1, 0.15) is 57.3 Å². The van der Waals surface area contributed by atoms with E-state index in [2.05, 4.69) is 47.0 Å². The van der Waals surface area contributed by atoms with Gasteiger partial charge < -0.3 is 19.7 Å². The van der Waals surface area contributed by atoms with Gasteiger partial charge in [-0.05, 0) is 64.6 Å². The molecule has 2 amide bonds. The van der Waals surface area contributed by atoms with Crippen LogP contribution in [0.3, 0.4) is 0 Å². The highest BCUT2D eigenvalue weighted by molar-refractivity contribution is 5.77. The number of nitrogens with zero attached hydrogens (tertiary/aromatic N) is 4. The maximum Gasteiger partial charge on any atom is 0.318 e. The van der Waals surface area contributed by atoms with Crippen LogP contribution in [0.2, 0.25) is 0 Å². The number of hydrogen-bond acceptors (Lipinski definition) is 3. The molecular weight excluding hydrogens is 350 g/mol. The zero-order valence-corrected chi connectivity index (χ0v) is 17.0. The Kier molecular flexibility index (Phi) is 4.54. The first-order chi connectivity index (χ1) is 13.7. The molecule has 3 saturated heterocycles. The standard InChI is InChI=1S/C22H31N5O/c1-3-26-19-8-5-4-7-18(19)24-21(26)20-9-6-12-27(20)22(28)23-15-13-16-10-11-17(14-15)25(16)2/h4-5,7-8,15-17,20H,3,6,9-14H2,1-2H3,(H,23,28). The van der Waals surface area contributed by atoms with Gasteiger partial charge in [-0.1, -0.05) is 12.1 Å². The number of benzene rings is 1. The number of carbonyl (C=O) groups excluding carboxylic acids is 1. The molecule has 4 heterocycles. The average Bonchev–Trinajstić information content (AvgIpc) is 3.36. The molecule has 2 bridgehead atoms. The average molecular weight is 382 g/mol. The highest BCUT2D eigenvalue weighted by Crippen LogP contribution is 2.36. The van der Waals surface area contributed by atoms with Crippen LogP contribution in [0, 0.1) is 0 Å². The van der Waals surface area contributed by atoms with Crippen LogP contribution < -0.4 is 5.32 Å². The molecule has 5 rings (SSSR count). The molecule has 1 aromatic heterocycles. The van der Waals surface area contributed by atoms with E-state index in [1.165, 1.54) is 18.4 Å². The van der Waals surface area contributed by atoms with Crippen molar-refractivity contribution in [1.82, 2.24) is 24.7 Å². The van der Waals surface area contributed by atoms with Gasteiger partial charge >= 0.3 is 6.03 Å². The van der Waals surface area contributed by atoms with Crippen LogP contribution in [-0.2, 0) is 6.54 Å². The lowest BCUT2D eigenvalue weighted by atomic mass is 9.98. The first-order valence-corrected chi connectivity index (χ1v) is 10.9. The molecule has 1 aromatic carbocycles. The molecule has 2 aromatic rings. The molecule has 0 saturated carbocycles. The van der Waals surface area contributed by atoms with E-state index in [-0.39, 0.29) is 12.1 Å². The number of aryl methyl sites for hydroxylation is 1. The van der Waals surface area contributed by atoms with Gasteiger partial charge in [0.05, 0.1) is 17.1 Å². The number of hydrogen-bond donors (Lipinski definition) is 1. The highest BCUT2D eigenvalue weighted by atomic mass is 16.2. The third-order valence-corrected chi connectivity index (χ3v) is 7.24. The lowest BCUT2D eigenvalue weighted by Crippen LogP contribution is -2.51. The van der Waals surface area contributed by atoms with Crippen LogP contribution in [0.4, 0.5) is 4.79 Å². The molecule has 0 spiro atoms. The summed E-state index contributed by atoms with van der Waals surface area (Å²) < 4.78 is 2.28. The van der Waals surface area contributed by atoms with Gasteiger partial charge in [-0.15, -0.1) is 0 Å². The van der Waals surface area contributed by atoms with Gasteiger partial charge in [0, 0.05) is 31.2 Å². The molecule has 3 aliphatic heterocycles. The molecule has 3 atom stereocenters. The van der Waals surface area contributed by atoms with Crippen molar-refractivity contribution in [2.24, 2.45) is 0 Å². The fourth-order valence-electron chi connectivity index (χ4n) is 5.75. The van der Waals surface area contributed by atoms with Gasteiger partial charge in [-0.25, -0.2) is 9.78 Å². The summed E-state index contributed by atoms with van der Waals surface area (Å²) in [6.45, 7) is 3.86. The quantitative estimate of drug-likeness (QED) is 0.885. The van der Waals surface area contributed by atoms with Crippen LogP contribution in [0.25, 0.3) is 11.0 Å². The minimum atomic E-state index is 0.0790. The summed E-state index contributed by atoms with van der Waals surface area (Å²) in [6, 6.07) is 10.1. The van der Waals surface area contributed by atoms with E-state index in [1.54, 1.807) is 0 Å². The topological polar surface area (TPSA) is 53.4 Å². The summed E-state index contributed by atoms with van der Waals surface area (Å²) in [5, 5.41) is 3.38. The predicted molar refractivity (Wildman–Crippen MR) is 110 cm³/mol. The molecule has 6 heteroatoms. The molecule has 3 fully saturated rings. The van der Waals surface area contributed by atoms with E-state index in [0.29, 0.717) is 18.1 Å². The molecule has 1 N–H and O–H groups in total. The summed E-state index contributed by atoms with van der Waals surface area (Å²) in [4.78, 5) is 22.7. The second kappa shape index (κ2) is 7.07. The number of aromatic nitrogens is 2. The van der Waals surface area contributed by atoms with E-state index in [9.17, 15) is 4.79 Å². The first-order valence-electron chi connectivity index (χ1n) is 10.9. The van der Waals surface area contributed by atoms with Crippen molar-refractivity contribution >= 4 is 17.1 Å². The number of urea groups is 1. The van der Waals surface area contributed by atoms with Crippen LogP contribution in [-0.4, -0.2) is 57.1 Å². The van der Waals surface area contributed by atoms with Crippen LogP contribution in [0.15, 0.2) is 24.3 Å². The second-order valence-electron chi connectivity index (χ2n) is 8.72. The molecule has 3 aliphatic rings. The van der Waals surface area contributed by atoms with E-state index in [4.69, 9.17) is 4.98 Å². The van der Waals surface area contributed by atoms with Crippen molar-refractivity contribution < 1.29 is 4.79 Å². The van der Waals surface area contributed by atoms with Gasteiger partial charge in [0.2, 0.25) is 0 Å². The van der Waals surface area contributed by atoms with Crippen LogP contribution in [0.5, 0.6) is 0 Å². The number of likely N-dealkylation sites (tertiary alicyclic amines) is 1. The third kappa shape index (κ3) is 2.89. The Balaban J connectivity index is 1.35. The zero-order chi connectivity index (χ0) is 19.3. The molecule has 0 radical (unpaired) electrons. The van der Waals surface area contributed by atoms with Crippen molar-refractivity contribution in [3.05, 3.63) is 30.1 Å². The Hall–Kier alpha value is -2.08. The van der Waals surface area contributed by atoms with E-state index < -0.39 is 0 Å². The summed E-state index contributed by atoms with van der Waals surface area (Å²) in [6.07, 6.45) is 6.77. The largest absolute Gasteiger partial charge is 0.335 e.